The molecule has 1 aliphatic rings. The summed E-state index contributed by atoms with van der Waals surface area (Å²) in [5.74, 6) is -3.52. The Bertz CT molecular complexity index is 1680. The summed E-state index contributed by atoms with van der Waals surface area (Å²) in [5.41, 5.74) is 1.07. The Morgan fingerprint density at radius 1 is 0.862 bits per heavy atom. The van der Waals surface area contributed by atoms with Crippen LogP contribution in [0.25, 0.3) is 0 Å². The molecule has 3 rings (SSSR count). The lowest BCUT2D eigenvalue weighted by molar-refractivity contribution is -0.143. The second-order valence-electron chi connectivity index (χ2n) is 16.5. The van der Waals surface area contributed by atoms with E-state index in [1.807, 2.05) is 80.6 Å². The van der Waals surface area contributed by atoms with Crippen LogP contribution in [0, 0.1) is 17.8 Å². The van der Waals surface area contributed by atoms with Gasteiger partial charge in [-0.15, -0.1) is 0 Å². The molecule has 0 aromatic heterocycles. The van der Waals surface area contributed by atoms with Crippen molar-refractivity contribution < 1.29 is 43.3 Å². The summed E-state index contributed by atoms with van der Waals surface area (Å²) in [6.45, 7) is 13.5. The third-order valence-electron chi connectivity index (χ3n) is 9.47. The van der Waals surface area contributed by atoms with E-state index in [4.69, 9.17) is 9.47 Å². The highest BCUT2D eigenvalue weighted by Gasteiger charge is 2.39. The van der Waals surface area contributed by atoms with Gasteiger partial charge >= 0.3 is 18.2 Å². The van der Waals surface area contributed by atoms with Gasteiger partial charge in [-0.05, 0) is 82.3 Å². The number of hydrogen-bond donors (Lipinski definition) is 5. The highest BCUT2D eigenvalue weighted by Crippen LogP contribution is 2.24. The lowest BCUT2D eigenvalue weighted by Crippen LogP contribution is -2.57. The first-order valence-corrected chi connectivity index (χ1v) is 20.2. The minimum absolute atomic E-state index is 0.0192. The fourth-order valence-corrected chi connectivity index (χ4v) is 6.62. The van der Waals surface area contributed by atoms with E-state index in [1.54, 1.807) is 45.6 Å². The fourth-order valence-electron chi connectivity index (χ4n) is 6.62. The summed E-state index contributed by atoms with van der Waals surface area (Å²) in [6, 6.07) is 15.1. The van der Waals surface area contributed by atoms with Crippen LogP contribution in [-0.4, -0.2) is 88.7 Å². The zero-order chi connectivity index (χ0) is 42.8. The Balaban J connectivity index is 1.67. The molecule has 5 N–H and O–H groups in total. The number of carboxylic acid groups (broad SMARTS) is 1. The van der Waals surface area contributed by atoms with Crippen LogP contribution in [0.2, 0.25) is 0 Å². The Hall–Kier alpha value is -5.40. The number of alkyl carbamates (subject to hydrolysis) is 2. The molecule has 5 atom stereocenters. The monoisotopic (exact) mass is 805 g/mol. The van der Waals surface area contributed by atoms with E-state index in [0.717, 1.165) is 11.1 Å². The topological polar surface area (TPSA) is 192 Å². The Morgan fingerprint density at radius 3 is 2.09 bits per heavy atom. The second-order valence-corrected chi connectivity index (χ2v) is 16.5. The number of nitrogens with zero attached hydrogens (tertiary/aromatic N) is 1. The summed E-state index contributed by atoms with van der Waals surface area (Å²) in [5, 5.41) is 20.7. The summed E-state index contributed by atoms with van der Waals surface area (Å²) in [7, 11) is 0. The van der Waals surface area contributed by atoms with Gasteiger partial charge in [-0.25, -0.2) is 14.4 Å². The SMILES string of the molecule is CC(C)C[C@@H](/C=C/[C@H](Cc1ccccc1)C(=O)N1CCC[C@@H]1C(=O)N[C@H](C(=O)N[C@@H](CCCNC(=O)OCc1ccccc1)C(=O)O)C(C)C)NC(=O)OC(C)(C)C. The maximum absolute atomic E-state index is 14.4. The van der Waals surface area contributed by atoms with Gasteiger partial charge in [0, 0.05) is 13.1 Å². The maximum atomic E-state index is 14.4. The first-order valence-electron chi connectivity index (χ1n) is 20.2. The van der Waals surface area contributed by atoms with E-state index in [1.165, 1.54) is 0 Å². The molecule has 14 nitrogen and oxygen atoms in total. The molecule has 318 valence electrons. The molecule has 2 aromatic rings. The van der Waals surface area contributed by atoms with E-state index < -0.39 is 71.6 Å². The van der Waals surface area contributed by atoms with Crippen molar-refractivity contribution in [2.45, 2.75) is 123 Å². The zero-order valence-electron chi connectivity index (χ0n) is 35.0. The largest absolute Gasteiger partial charge is 0.480 e. The standard InChI is InChI=1S/C44H63N5O9/c1-29(2)26-34(46-43(56)58-44(5,6)7)23-22-33(27-31-16-10-8-11-17-31)40(52)49-25-15-21-36(49)38(50)48-37(30(3)4)39(51)47-35(41(53)54)20-14-24-45-42(55)57-28-32-18-12-9-13-19-32/h8-13,16-19,22-23,29-30,33-37H,14-15,20-21,24-28H2,1-7H3,(H,45,55)(H,46,56)(H,47,51)(H,48,50)(H,53,54)/b23-22+/t33-,34-,35+,36-,37+/m1/s1. The quantitative estimate of drug-likeness (QED) is 0.0819. The highest BCUT2D eigenvalue weighted by atomic mass is 16.6. The van der Waals surface area contributed by atoms with E-state index in [9.17, 15) is 33.9 Å². The molecule has 1 heterocycles. The highest BCUT2D eigenvalue weighted by molar-refractivity contribution is 5.94. The van der Waals surface area contributed by atoms with Crippen molar-refractivity contribution in [2.24, 2.45) is 17.8 Å². The summed E-state index contributed by atoms with van der Waals surface area (Å²) in [6.07, 6.45) is 4.62. The maximum Gasteiger partial charge on any atom is 0.408 e. The molecule has 1 aliphatic heterocycles. The van der Waals surface area contributed by atoms with Crippen molar-refractivity contribution in [1.29, 1.82) is 0 Å². The van der Waals surface area contributed by atoms with Crippen molar-refractivity contribution in [3.63, 3.8) is 0 Å². The van der Waals surface area contributed by atoms with Crippen molar-refractivity contribution in [3.8, 4) is 0 Å². The molecule has 0 saturated carbocycles. The molecule has 1 saturated heterocycles. The Kier molecular flexibility index (Phi) is 18.7. The van der Waals surface area contributed by atoms with Crippen LogP contribution < -0.4 is 21.3 Å². The number of rotatable bonds is 20. The predicted octanol–water partition coefficient (Wildman–Crippen LogP) is 5.75. The molecule has 0 spiro atoms. The number of carbonyl (C=O) groups is 6. The van der Waals surface area contributed by atoms with Crippen molar-refractivity contribution >= 4 is 35.9 Å². The van der Waals surface area contributed by atoms with Crippen LogP contribution in [0.5, 0.6) is 0 Å². The molecule has 0 aliphatic carbocycles. The molecule has 5 amide bonds. The molecule has 2 aromatic carbocycles. The average molecular weight is 806 g/mol. The van der Waals surface area contributed by atoms with Gasteiger partial charge in [0.1, 0.15) is 30.3 Å². The number of ether oxygens (including phenoxy) is 2. The summed E-state index contributed by atoms with van der Waals surface area (Å²) in [4.78, 5) is 80.2. The van der Waals surface area contributed by atoms with Gasteiger partial charge in [0.2, 0.25) is 17.7 Å². The van der Waals surface area contributed by atoms with Gasteiger partial charge < -0.3 is 40.7 Å². The molecule has 0 bridgehead atoms. The van der Waals surface area contributed by atoms with Crippen molar-refractivity contribution in [1.82, 2.24) is 26.2 Å². The van der Waals surface area contributed by atoms with Crippen LogP contribution in [0.15, 0.2) is 72.8 Å². The van der Waals surface area contributed by atoms with E-state index in [-0.39, 0.29) is 37.8 Å². The molecule has 1 fully saturated rings. The number of nitrogens with one attached hydrogen (secondary N) is 4. The van der Waals surface area contributed by atoms with Crippen LogP contribution >= 0.6 is 0 Å². The number of likely N-dealkylation sites (tertiary alicyclic amines) is 1. The number of benzene rings is 2. The van der Waals surface area contributed by atoms with E-state index in [0.29, 0.717) is 32.2 Å². The van der Waals surface area contributed by atoms with Crippen LogP contribution in [0.4, 0.5) is 9.59 Å². The van der Waals surface area contributed by atoms with Crippen LogP contribution in [0.1, 0.15) is 91.7 Å². The zero-order valence-corrected chi connectivity index (χ0v) is 35.0. The smallest absolute Gasteiger partial charge is 0.408 e. The molecule has 0 radical (unpaired) electrons. The van der Waals surface area contributed by atoms with Gasteiger partial charge in [-0.2, -0.15) is 0 Å². The van der Waals surface area contributed by atoms with E-state index in [2.05, 4.69) is 21.3 Å². The van der Waals surface area contributed by atoms with Crippen LogP contribution in [-0.2, 0) is 41.7 Å². The molecule has 58 heavy (non-hydrogen) atoms. The molecular formula is C44H63N5O9. The third-order valence-corrected chi connectivity index (χ3v) is 9.47. The third kappa shape index (κ3) is 16.6. The predicted molar refractivity (Wildman–Crippen MR) is 220 cm³/mol. The van der Waals surface area contributed by atoms with Crippen molar-refractivity contribution in [3.05, 3.63) is 83.9 Å². The minimum Gasteiger partial charge on any atom is -0.480 e. The number of carboxylic acids is 1. The van der Waals surface area contributed by atoms with Gasteiger partial charge in [-0.1, -0.05) is 101 Å². The number of aliphatic carboxylic acids is 1. The Morgan fingerprint density at radius 2 is 1.50 bits per heavy atom. The summed E-state index contributed by atoms with van der Waals surface area (Å²) >= 11 is 0. The lowest BCUT2D eigenvalue weighted by Gasteiger charge is -2.30. The van der Waals surface area contributed by atoms with Crippen molar-refractivity contribution in [2.75, 3.05) is 13.1 Å². The fraction of sp³-hybridized carbons (Fsp3) is 0.545. The lowest BCUT2D eigenvalue weighted by atomic mass is 9.94. The molecule has 0 unspecified atom stereocenters. The molecule has 14 heteroatoms. The summed E-state index contributed by atoms with van der Waals surface area (Å²) < 4.78 is 10.7. The molecular weight excluding hydrogens is 743 g/mol. The first-order chi connectivity index (χ1) is 27.4. The average Bonchev–Trinajstić information content (AvgIpc) is 3.65. The normalized spacial score (nSPS) is 16.3. The van der Waals surface area contributed by atoms with Gasteiger partial charge in [0.15, 0.2) is 0 Å². The second kappa shape index (κ2) is 23.1. The van der Waals surface area contributed by atoms with E-state index >= 15 is 0 Å². The minimum atomic E-state index is -1.27. The Labute approximate surface area is 342 Å². The first kappa shape index (κ1) is 47.0. The number of hydrogen-bond acceptors (Lipinski definition) is 8. The number of amides is 5. The number of carbonyl (C=O) groups excluding carboxylic acids is 5. The van der Waals surface area contributed by atoms with Gasteiger partial charge in [0.05, 0.1) is 12.0 Å². The van der Waals surface area contributed by atoms with Gasteiger partial charge in [-0.3, -0.25) is 14.4 Å². The van der Waals surface area contributed by atoms with Gasteiger partial charge in [0.25, 0.3) is 0 Å². The van der Waals surface area contributed by atoms with Crippen LogP contribution in [0.3, 0.4) is 0 Å².